The van der Waals surface area contributed by atoms with Gasteiger partial charge in [-0.2, -0.15) is 0 Å². The van der Waals surface area contributed by atoms with Crippen LogP contribution in [0.15, 0.2) is 12.1 Å². The molecule has 1 saturated heterocycles. The van der Waals surface area contributed by atoms with Gasteiger partial charge in [0.1, 0.15) is 0 Å². The number of fused-ring (bicyclic) bond motifs is 3. The van der Waals surface area contributed by atoms with Crippen molar-refractivity contribution in [1.29, 1.82) is 0 Å². The molecule has 25 heavy (non-hydrogen) atoms. The van der Waals surface area contributed by atoms with E-state index in [9.17, 15) is 0 Å². The van der Waals surface area contributed by atoms with Crippen molar-refractivity contribution >= 4 is 0 Å². The van der Waals surface area contributed by atoms with Crippen LogP contribution in [0.1, 0.15) is 63.1 Å². The van der Waals surface area contributed by atoms with Crippen LogP contribution >= 0.6 is 0 Å². The Morgan fingerprint density at radius 1 is 1.08 bits per heavy atom. The van der Waals surface area contributed by atoms with E-state index in [1.165, 1.54) is 56.3 Å². The fourth-order valence-electron chi connectivity index (χ4n) is 4.76. The van der Waals surface area contributed by atoms with Crippen molar-refractivity contribution in [1.82, 2.24) is 4.90 Å². The monoisotopic (exact) mass is 343 g/mol. The van der Waals surface area contributed by atoms with Crippen molar-refractivity contribution < 1.29 is 9.47 Å². The van der Waals surface area contributed by atoms with Crippen LogP contribution in [0, 0.1) is 17.8 Å². The highest BCUT2D eigenvalue weighted by Gasteiger charge is 2.34. The molecular formula is C22H33NO2. The smallest absolute Gasteiger partial charge is 0.161 e. The molecule has 138 valence electrons. The van der Waals surface area contributed by atoms with Gasteiger partial charge in [-0.3, -0.25) is 4.90 Å². The van der Waals surface area contributed by atoms with Crippen LogP contribution in [-0.2, 0) is 6.42 Å². The fourth-order valence-corrected chi connectivity index (χ4v) is 4.76. The summed E-state index contributed by atoms with van der Waals surface area (Å²) in [6.45, 7) is 8.02. The molecule has 0 amide bonds. The SMILES string of the molecule is COc1cc2c(cc1OCC1CC1)CCN1C[C@@H](CC(C)C)CC[C@H]21. The summed E-state index contributed by atoms with van der Waals surface area (Å²) in [7, 11) is 1.77. The van der Waals surface area contributed by atoms with Crippen molar-refractivity contribution in [2.75, 3.05) is 26.8 Å². The largest absolute Gasteiger partial charge is 0.493 e. The van der Waals surface area contributed by atoms with Crippen molar-refractivity contribution in [2.24, 2.45) is 17.8 Å². The van der Waals surface area contributed by atoms with Crippen LogP contribution < -0.4 is 9.47 Å². The first-order chi connectivity index (χ1) is 12.1. The summed E-state index contributed by atoms with van der Waals surface area (Å²) in [5.41, 5.74) is 2.97. The Morgan fingerprint density at radius 2 is 1.88 bits per heavy atom. The number of piperidine rings is 1. The third-order valence-electron chi connectivity index (χ3n) is 6.21. The second-order valence-corrected chi connectivity index (χ2v) is 8.79. The van der Waals surface area contributed by atoms with E-state index in [-0.39, 0.29) is 0 Å². The molecule has 0 spiro atoms. The van der Waals surface area contributed by atoms with Gasteiger partial charge in [0.2, 0.25) is 0 Å². The Balaban J connectivity index is 1.51. The summed E-state index contributed by atoms with van der Waals surface area (Å²) in [6, 6.07) is 5.13. The Bertz CT molecular complexity index is 608. The van der Waals surface area contributed by atoms with Crippen molar-refractivity contribution in [3.8, 4) is 11.5 Å². The maximum absolute atomic E-state index is 6.08. The molecular weight excluding hydrogens is 310 g/mol. The van der Waals surface area contributed by atoms with E-state index in [4.69, 9.17) is 9.47 Å². The zero-order valence-electron chi connectivity index (χ0n) is 16.1. The lowest BCUT2D eigenvalue weighted by Gasteiger charge is -2.44. The number of hydrogen-bond donors (Lipinski definition) is 0. The molecule has 1 aromatic carbocycles. The number of hydrogen-bond acceptors (Lipinski definition) is 3. The molecule has 2 aliphatic heterocycles. The summed E-state index contributed by atoms with van der Waals surface area (Å²) in [5.74, 6) is 4.33. The standard InChI is InChI=1S/C22H33NO2/c1-15(2)10-17-6-7-20-19-12-21(24-3)22(25-14-16-4-5-16)11-18(19)8-9-23(20)13-17/h11-12,15-17,20H,4-10,13-14H2,1-3H3/t17-,20-/m1/s1. The van der Waals surface area contributed by atoms with Gasteiger partial charge in [-0.15, -0.1) is 0 Å². The minimum Gasteiger partial charge on any atom is -0.493 e. The molecule has 1 aromatic rings. The van der Waals surface area contributed by atoms with Gasteiger partial charge in [0.25, 0.3) is 0 Å². The molecule has 0 unspecified atom stereocenters. The highest BCUT2D eigenvalue weighted by atomic mass is 16.5. The summed E-state index contributed by atoms with van der Waals surface area (Å²) in [5, 5.41) is 0. The van der Waals surface area contributed by atoms with Gasteiger partial charge in [0.15, 0.2) is 11.5 Å². The lowest BCUT2D eigenvalue weighted by molar-refractivity contribution is 0.0893. The predicted molar refractivity (Wildman–Crippen MR) is 101 cm³/mol. The molecule has 3 aliphatic rings. The molecule has 0 radical (unpaired) electrons. The Labute approximate surface area is 152 Å². The third kappa shape index (κ3) is 3.81. The number of benzene rings is 1. The normalized spacial score (nSPS) is 26.2. The first kappa shape index (κ1) is 17.2. The van der Waals surface area contributed by atoms with Crippen LogP contribution in [0.2, 0.25) is 0 Å². The average Bonchev–Trinajstić information content (AvgIpc) is 3.42. The molecule has 3 heteroatoms. The number of rotatable bonds is 6. The highest BCUT2D eigenvalue weighted by Crippen LogP contribution is 2.44. The summed E-state index contributed by atoms with van der Waals surface area (Å²) in [6.07, 6.45) is 7.80. The van der Waals surface area contributed by atoms with E-state index in [0.717, 1.165) is 42.3 Å². The Kier molecular flexibility index (Phi) is 4.95. The second kappa shape index (κ2) is 7.19. The van der Waals surface area contributed by atoms with Crippen LogP contribution in [0.5, 0.6) is 11.5 Å². The Hall–Kier alpha value is -1.22. The van der Waals surface area contributed by atoms with Gasteiger partial charge in [-0.25, -0.2) is 0 Å². The minimum absolute atomic E-state index is 0.582. The van der Waals surface area contributed by atoms with Crippen LogP contribution in [0.25, 0.3) is 0 Å². The van der Waals surface area contributed by atoms with Gasteiger partial charge >= 0.3 is 0 Å². The van der Waals surface area contributed by atoms with Gasteiger partial charge in [-0.1, -0.05) is 13.8 Å². The molecule has 0 N–H and O–H groups in total. The zero-order chi connectivity index (χ0) is 17.4. The van der Waals surface area contributed by atoms with E-state index < -0.39 is 0 Å². The van der Waals surface area contributed by atoms with E-state index in [2.05, 4.69) is 30.9 Å². The summed E-state index contributed by atoms with van der Waals surface area (Å²) >= 11 is 0. The molecule has 2 heterocycles. The molecule has 1 saturated carbocycles. The van der Waals surface area contributed by atoms with Crippen molar-refractivity contribution in [3.63, 3.8) is 0 Å². The van der Waals surface area contributed by atoms with Gasteiger partial charge in [0.05, 0.1) is 13.7 Å². The van der Waals surface area contributed by atoms with Crippen LogP contribution in [0.4, 0.5) is 0 Å². The molecule has 1 aliphatic carbocycles. The third-order valence-corrected chi connectivity index (χ3v) is 6.21. The van der Waals surface area contributed by atoms with Gasteiger partial charge in [-0.05, 0) is 79.5 Å². The zero-order valence-corrected chi connectivity index (χ0v) is 16.1. The fraction of sp³-hybridized carbons (Fsp3) is 0.727. The molecule has 0 bridgehead atoms. The predicted octanol–water partition coefficient (Wildman–Crippen LogP) is 4.84. The van der Waals surface area contributed by atoms with Gasteiger partial charge in [0, 0.05) is 19.1 Å². The molecule has 4 rings (SSSR count). The second-order valence-electron chi connectivity index (χ2n) is 8.79. The quantitative estimate of drug-likeness (QED) is 0.738. The molecule has 2 fully saturated rings. The first-order valence-corrected chi connectivity index (χ1v) is 10.2. The van der Waals surface area contributed by atoms with Crippen LogP contribution in [0.3, 0.4) is 0 Å². The maximum Gasteiger partial charge on any atom is 0.161 e. The topological polar surface area (TPSA) is 21.7 Å². The first-order valence-electron chi connectivity index (χ1n) is 10.2. The molecule has 0 aromatic heterocycles. The molecule has 3 nitrogen and oxygen atoms in total. The lowest BCUT2D eigenvalue weighted by atomic mass is 9.81. The van der Waals surface area contributed by atoms with E-state index in [1.54, 1.807) is 7.11 Å². The average molecular weight is 344 g/mol. The highest BCUT2D eigenvalue weighted by molar-refractivity contribution is 5.49. The lowest BCUT2D eigenvalue weighted by Crippen LogP contribution is -2.42. The maximum atomic E-state index is 6.08. The van der Waals surface area contributed by atoms with Crippen LogP contribution in [-0.4, -0.2) is 31.7 Å². The minimum atomic E-state index is 0.582. The van der Waals surface area contributed by atoms with E-state index in [1.807, 2.05) is 0 Å². The number of nitrogens with zero attached hydrogens (tertiary/aromatic N) is 1. The van der Waals surface area contributed by atoms with Crippen molar-refractivity contribution in [2.45, 2.75) is 58.4 Å². The van der Waals surface area contributed by atoms with Gasteiger partial charge < -0.3 is 9.47 Å². The number of methoxy groups -OCH3 is 1. The summed E-state index contributed by atoms with van der Waals surface area (Å²) < 4.78 is 11.8. The Morgan fingerprint density at radius 3 is 2.60 bits per heavy atom. The summed E-state index contributed by atoms with van der Waals surface area (Å²) in [4.78, 5) is 2.73. The molecule has 2 atom stereocenters. The number of ether oxygens (including phenoxy) is 2. The van der Waals surface area contributed by atoms with Crippen molar-refractivity contribution in [3.05, 3.63) is 23.3 Å². The van der Waals surface area contributed by atoms with E-state index >= 15 is 0 Å². The van der Waals surface area contributed by atoms with E-state index in [0.29, 0.717) is 6.04 Å².